The molecule has 0 amide bonds. The fourth-order valence-corrected chi connectivity index (χ4v) is 2.75. The zero-order chi connectivity index (χ0) is 15.4. The van der Waals surface area contributed by atoms with E-state index in [-0.39, 0.29) is 24.8 Å². The second kappa shape index (κ2) is 9.62. The number of fused-ring (bicyclic) bond motifs is 3. The molecular formula is C18H24Cl2N4. The molecule has 3 rings (SSSR count). The molecule has 24 heavy (non-hydrogen) atoms. The standard InChI is InChI=1S/C18H22N4.2ClH/c1-3-22(4-2)12-11-19-17-13-15-10-9-14-7-5-6-8-16(14)18(15)21-20-17;;/h5-10,13H,3-4,11-12H2,1-2H3,(H,19,20);2*1H. The minimum Gasteiger partial charge on any atom is -0.367 e. The van der Waals surface area contributed by atoms with Crippen molar-refractivity contribution in [2.75, 3.05) is 31.5 Å². The number of rotatable bonds is 6. The van der Waals surface area contributed by atoms with Crippen molar-refractivity contribution in [2.24, 2.45) is 0 Å². The smallest absolute Gasteiger partial charge is 0.149 e. The third-order valence-corrected chi connectivity index (χ3v) is 4.11. The summed E-state index contributed by atoms with van der Waals surface area (Å²) >= 11 is 0. The average Bonchev–Trinajstić information content (AvgIpc) is 2.58. The highest BCUT2D eigenvalue weighted by atomic mass is 35.5. The molecule has 6 heteroatoms. The van der Waals surface area contributed by atoms with E-state index in [1.165, 1.54) is 5.39 Å². The first-order valence-electron chi connectivity index (χ1n) is 7.93. The number of likely N-dealkylation sites (N-methyl/N-ethyl adjacent to an activating group) is 1. The zero-order valence-corrected chi connectivity index (χ0v) is 15.7. The van der Waals surface area contributed by atoms with E-state index in [2.05, 4.69) is 64.6 Å². The summed E-state index contributed by atoms with van der Waals surface area (Å²) in [5.41, 5.74) is 0.965. The number of nitrogens with one attached hydrogen (secondary N) is 1. The summed E-state index contributed by atoms with van der Waals surface area (Å²) in [5.74, 6) is 0.843. The predicted molar refractivity (Wildman–Crippen MR) is 108 cm³/mol. The molecule has 0 spiro atoms. The van der Waals surface area contributed by atoms with Gasteiger partial charge in [0.1, 0.15) is 11.3 Å². The molecular weight excluding hydrogens is 343 g/mol. The number of nitrogens with zero attached hydrogens (tertiary/aromatic N) is 3. The van der Waals surface area contributed by atoms with Crippen molar-refractivity contribution in [1.29, 1.82) is 0 Å². The fourth-order valence-electron chi connectivity index (χ4n) is 2.75. The van der Waals surface area contributed by atoms with Crippen molar-refractivity contribution >= 4 is 52.3 Å². The van der Waals surface area contributed by atoms with E-state index in [9.17, 15) is 0 Å². The Labute approximate surface area is 155 Å². The second-order valence-electron chi connectivity index (χ2n) is 5.41. The average molecular weight is 367 g/mol. The highest BCUT2D eigenvalue weighted by molar-refractivity contribution is 6.05. The summed E-state index contributed by atoms with van der Waals surface area (Å²) in [6, 6.07) is 14.6. The lowest BCUT2D eigenvalue weighted by Gasteiger charge is -2.18. The molecule has 0 aliphatic heterocycles. The fraction of sp³-hybridized carbons (Fsp3) is 0.333. The molecule has 0 bridgehead atoms. The molecule has 130 valence electrons. The minimum absolute atomic E-state index is 0. The normalized spacial score (nSPS) is 10.5. The molecule has 0 saturated carbocycles. The lowest BCUT2D eigenvalue weighted by atomic mass is 10.1. The van der Waals surface area contributed by atoms with Crippen molar-refractivity contribution in [2.45, 2.75) is 13.8 Å². The first-order chi connectivity index (χ1) is 10.8. The molecule has 0 fully saturated rings. The van der Waals surface area contributed by atoms with E-state index in [4.69, 9.17) is 0 Å². The van der Waals surface area contributed by atoms with Gasteiger partial charge in [-0.3, -0.25) is 0 Å². The Hall–Kier alpha value is -1.62. The zero-order valence-electron chi connectivity index (χ0n) is 14.0. The summed E-state index contributed by atoms with van der Waals surface area (Å²) in [6.07, 6.45) is 0. The molecule has 0 aliphatic carbocycles. The SMILES string of the molecule is CCN(CC)CCNc1cc2ccc3ccccc3c2nn1.Cl.Cl. The van der Waals surface area contributed by atoms with Crippen molar-refractivity contribution in [3.63, 3.8) is 0 Å². The van der Waals surface area contributed by atoms with Crippen LogP contribution in [0.4, 0.5) is 5.82 Å². The van der Waals surface area contributed by atoms with Gasteiger partial charge in [-0.05, 0) is 24.5 Å². The van der Waals surface area contributed by atoms with E-state index in [1.807, 2.05) is 12.1 Å². The molecule has 1 heterocycles. The van der Waals surface area contributed by atoms with Crippen molar-refractivity contribution in [1.82, 2.24) is 15.1 Å². The van der Waals surface area contributed by atoms with Gasteiger partial charge < -0.3 is 10.2 Å². The summed E-state index contributed by atoms with van der Waals surface area (Å²) in [6.45, 7) is 8.43. The lowest BCUT2D eigenvalue weighted by Crippen LogP contribution is -2.28. The van der Waals surface area contributed by atoms with Crippen LogP contribution in [0.3, 0.4) is 0 Å². The number of aromatic nitrogens is 2. The van der Waals surface area contributed by atoms with E-state index < -0.39 is 0 Å². The van der Waals surface area contributed by atoms with Crippen LogP contribution in [-0.4, -0.2) is 41.3 Å². The lowest BCUT2D eigenvalue weighted by molar-refractivity contribution is 0.316. The van der Waals surface area contributed by atoms with Crippen molar-refractivity contribution in [3.8, 4) is 0 Å². The molecule has 1 N–H and O–H groups in total. The monoisotopic (exact) mass is 366 g/mol. The second-order valence-corrected chi connectivity index (χ2v) is 5.41. The van der Waals surface area contributed by atoms with Gasteiger partial charge in [0, 0.05) is 23.9 Å². The first kappa shape index (κ1) is 20.4. The van der Waals surface area contributed by atoms with Crippen LogP contribution in [0.1, 0.15) is 13.8 Å². The van der Waals surface area contributed by atoms with Crippen LogP contribution in [0.2, 0.25) is 0 Å². The molecule has 1 aromatic heterocycles. The maximum atomic E-state index is 4.42. The summed E-state index contributed by atoms with van der Waals surface area (Å²) in [4.78, 5) is 2.38. The van der Waals surface area contributed by atoms with Gasteiger partial charge in [0.25, 0.3) is 0 Å². The van der Waals surface area contributed by atoms with E-state index in [0.29, 0.717) is 0 Å². The number of hydrogen-bond acceptors (Lipinski definition) is 4. The minimum atomic E-state index is 0. The third kappa shape index (κ3) is 4.47. The van der Waals surface area contributed by atoms with Crippen LogP contribution in [0, 0.1) is 0 Å². The van der Waals surface area contributed by atoms with Crippen LogP contribution < -0.4 is 5.32 Å². The Morgan fingerprint density at radius 1 is 0.917 bits per heavy atom. The third-order valence-electron chi connectivity index (χ3n) is 4.11. The molecule has 0 atom stereocenters. The Balaban J connectivity index is 0.00000144. The maximum Gasteiger partial charge on any atom is 0.149 e. The van der Waals surface area contributed by atoms with Gasteiger partial charge in [-0.2, -0.15) is 0 Å². The Morgan fingerprint density at radius 2 is 1.62 bits per heavy atom. The largest absolute Gasteiger partial charge is 0.367 e. The molecule has 0 aliphatic rings. The Morgan fingerprint density at radius 3 is 2.38 bits per heavy atom. The van der Waals surface area contributed by atoms with Crippen molar-refractivity contribution in [3.05, 3.63) is 42.5 Å². The van der Waals surface area contributed by atoms with E-state index >= 15 is 0 Å². The van der Waals surface area contributed by atoms with Crippen LogP contribution in [-0.2, 0) is 0 Å². The van der Waals surface area contributed by atoms with Crippen molar-refractivity contribution < 1.29 is 0 Å². The predicted octanol–water partition coefficient (Wildman–Crippen LogP) is 4.38. The van der Waals surface area contributed by atoms with Crippen LogP contribution in [0.15, 0.2) is 42.5 Å². The first-order valence-corrected chi connectivity index (χ1v) is 7.93. The topological polar surface area (TPSA) is 41.0 Å². The van der Waals surface area contributed by atoms with Crippen LogP contribution >= 0.6 is 24.8 Å². The number of benzene rings is 2. The Bertz CT molecular complexity index is 775. The number of hydrogen-bond donors (Lipinski definition) is 1. The van der Waals surface area contributed by atoms with Gasteiger partial charge in [0.2, 0.25) is 0 Å². The number of anilines is 1. The molecule has 4 nitrogen and oxygen atoms in total. The van der Waals surface area contributed by atoms with E-state index in [1.54, 1.807) is 0 Å². The van der Waals surface area contributed by atoms with Gasteiger partial charge in [-0.25, -0.2) is 0 Å². The molecule has 0 radical (unpaired) electrons. The van der Waals surface area contributed by atoms with Gasteiger partial charge in [0.05, 0.1) is 0 Å². The van der Waals surface area contributed by atoms with Gasteiger partial charge in [0.15, 0.2) is 0 Å². The summed E-state index contributed by atoms with van der Waals surface area (Å²) < 4.78 is 0. The molecule has 0 unspecified atom stereocenters. The van der Waals surface area contributed by atoms with Crippen LogP contribution in [0.25, 0.3) is 21.7 Å². The van der Waals surface area contributed by atoms with Gasteiger partial charge in [-0.15, -0.1) is 35.0 Å². The van der Waals surface area contributed by atoms with Gasteiger partial charge >= 0.3 is 0 Å². The quantitative estimate of drug-likeness (QED) is 0.657. The van der Waals surface area contributed by atoms with Gasteiger partial charge in [-0.1, -0.05) is 50.2 Å². The van der Waals surface area contributed by atoms with Crippen LogP contribution in [0.5, 0.6) is 0 Å². The maximum absolute atomic E-state index is 4.42. The highest BCUT2D eigenvalue weighted by Crippen LogP contribution is 2.24. The Kier molecular flexibility index (Phi) is 8.19. The summed E-state index contributed by atoms with van der Waals surface area (Å²) in [7, 11) is 0. The molecule has 3 aromatic rings. The molecule has 0 saturated heterocycles. The number of halogens is 2. The van der Waals surface area contributed by atoms with E-state index in [0.717, 1.165) is 48.3 Å². The highest BCUT2D eigenvalue weighted by Gasteiger charge is 2.04. The molecule has 2 aromatic carbocycles. The summed E-state index contributed by atoms with van der Waals surface area (Å²) in [5, 5.41) is 15.6.